The molecule has 1 amide bonds. The minimum Gasteiger partial charge on any atom is -0.467 e. The summed E-state index contributed by atoms with van der Waals surface area (Å²) in [5.41, 5.74) is 0.0286. The van der Waals surface area contributed by atoms with E-state index >= 15 is 0 Å². The first-order valence-electron chi connectivity index (χ1n) is 6.50. The number of carbonyl (C=O) groups is 1. The highest BCUT2D eigenvalue weighted by Crippen LogP contribution is 2.15. The van der Waals surface area contributed by atoms with E-state index in [2.05, 4.69) is 21.2 Å². The first-order valence-corrected chi connectivity index (χ1v) is 7.29. The van der Waals surface area contributed by atoms with Crippen LogP contribution in [0.4, 0.5) is 4.39 Å². The summed E-state index contributed by atoms with van der Waals surface area (Å²) in [7, 11) is 0. The van der Waals surface area contributed by atoms with Gasteiger partial charge in [-0.3, -0.25) is 4.79 Å². The lowest BCUT2D eigenvalue weighted by atomic mass is 10.2. The highest BCUT2D eigenvalue weighted by Gasteiger charge is 2.11. The van der Waals surface area contributed by atoms with Crippen molar-refractivity contribution in [3.8, 4) is 0 Å². The summed E-state index contributed by atoms with van der Waals surface area (Å²) in [5.74, 6) is -0.208. The molecule has 112 valence electrons. The Morgan fingerprint density at radius 1 is 1.38 bits per heavy atom. The molecule has 1 heterocycles. The maximum absolute atomic E-state index is 13.5. The number of hydrogen-bond donors (Lipinski definition) is 1. The lowest BCUT2D eigenvalue weighted by Crippen LogP contribution is -2.26. The lowest BCUT2D eigenvalue weighted by Gasteiger charge is -2.07. The Hall–Kier alpha value is -1.66. The van der Waals surface area contributed by atoms with Crippen molar-refractivity contribution >= 4 is 21.8 Å². The van der Waals surface area contributed by atoms with Gasteiger partial charge in [-0.05, 0) is 36.8 Å². The van der Waals surface area contributed by atoms with Gasteiger partial charge in [0.2, 0.25) is 0 Å². The number of rotatable bonds is 7. The maximum atomic E-state index is 13.5. The van der Waals surface area contributed by atoms with Crippen LogP contribution in [0.3, 0.4) is 0 Å². The van der Waals surface area contributed by atoms with Gasteiger partial charge in [-0.1, -0.05) is 15.9 Å². The molecule has 0 bridgehead atoms. The minimum atomic E-state index is -0.537. The number of halogens is 2. The SMILES string of the molecule is O=C(NCCCOCc1ccco1)c1cc(Br)ccc1F. The average Bonchev–Trinajstić information content (AvgIpc) is 2.98. The Balaban J connectivity index is 1.66. The molecule has 6 heteroatoms. The molecule has 1 aromatic carbocycles. The predicted molar refractivity (Wildman–Crippen MR) is 79.4 cm³/mol. The van der Waals surface area contributed by atoms with Crippen molar-refractivity contribution < 1.29 is 18.3 Å². The second kappa shape index (κ2) is 7.95. The van der Waals surface area contributed by atoms with E-state index in [9.17, 15) is 9.18 Å². The summed E-state index contributed by atoms with van der Waals surface area (Å²) >= 11 is 3.21. The quantitative estimate of drug-likeness (QED) is 0.773. The fraction of sp³-hybridized carbons (Fsp3) is 0.267. The van der Waals surface area contributed by atoms with E-state index in [1.165, 1.54) is 12.1 Å². The van der Waals surface area contributed by atoms with E-state index in [0.29, 0.717) is 30.7 Å². The van der Waals surface area contributed by atoms with Crippen molar-refractivity contribution in [2.45, 2.75) is 13.0 Å². The van der Waals surface area contributed by atoms with Gasteiger partial charge in [0.1, 0.15) is 18.2 Å². The van der Waals surface area contributed by atoms with Crippen LogP contribution in [0.15, 0.2) is 45.5 Å². The fourth-order valence-corrected chi connectivity index (χ4v) is 2.07. The van der Waals surface area contributed by atoms with Crippen molar-refractivity contribution in [1.29, 1.82) is 0 Å². The summed E-state index contributed by atoms with van der Waals surface area (Å²) < 4.78 is 24.7. The molecule has 0 fully saturated rings. The molecule has 0 atom stereocenters. The molecular weight excluding hydrogens is 341 g/mol. The van der Waals surface area contributed by atoms with Gasteiger partial charge in [-0.15, -0.1) is 0 Å². The zero-order valence-corrected chi connectivity index (χ0v) is 12.9. The summed E-state index contributed by atoms with van der Waals surface area (Å²) in [4.78, 5) is 11.8. The summed E-state index contributed by atoms with van der Waals surface area (Å²) in [6.45, 7) is 1.31. The molecule has 0 spiro atoms. The fourth-order valence-electron chi connectivity index (χ4n) is 1.71. The molecule has 2 aromatic rings. The van der Waals surface area contributed by atoms with Crippen molar-refractivity contribution in [3.63, 3.8) is 0 Å². The van der Waals surface area contributed by atoms with Gasteiger partial charge in [0.15, 0.2) is 0 Å². The van der Waals surface area contributed by atoms with Crippen LogP contribution in [0.2, 0.25) is 0 Å². The maximum Gasteiger partial charge on any atom is 0.254 e. The molecule has 0 aliphatic carbocycles. The molecule has 0 aliphatic heterocycles. The third-order valence-corrected chi connectivity index (χ3v) is 3.24. The average molecular weight is 356 g/mol. The van der Waals surface area contributed by atoms with E-state index in [-0.39, 0.29) is 5.56 Å². The summed E-state index contributed by atoms with van der Waals surface area (Å²) in [6.07, 6.45) is 2.23. The van der Waals surface area contributed by atoms with Crippen LogP contribution in [0, 0.1) is 5.82 Å². The van der Waals surface area contributed by atoms with Crippen molar-refractivity contribution in [1.82, 2.24) is 5.32 Å². The monoisotopic (exact) mass is 355 g/mol. The zero-order chi connectivity index (χ0) is 15.1. The molecule has 21 heavy (non-hydrogen) atoms. The Bertz CT molecular complexity index is 587. The topological polar surface area (TPSA) is 51.5 Å². The zero-order valence-electron chi connectivity index (χ0n) is 11.3. The molecule has 0 aliphatic rings. The van der Waals surface area contributed by atoms with Gasteiger partial charge in [-0.25, -0.2) is 4.39 Å². The summed E-state index contributed by atoms with van der Waals surface area (Å²) in [6, 6.07) is 7.89. The number of amides is 1. The standard InChI is InChI=1S/C15H15BrFNO3/c16-11-4-5-14(17)13(9-11)15(19)18-6-2-7-20-10-12-3-1-8-21-12/h1,3-5,8-9H,2,6-7,10H2,(H,18,19). The van der Waals surface area contributed by atoms with Gasteiger partial charge >= 0.3 is 0 Å². The third kappa shape index (κ3) is 4.99. The van der Waals surface area contributed by atoms with E-state index in [1.807, 2.05) is 6.07 Å². The van der Waals surface area contributed by atoms with Crippen molar-refractivity contribution in [3.05, 3.63) is 58.2 Å². The van der Waals surface area contributed by atoms with Crippen LogP contribution in [0.1, 0.15) is 22.5 Å². The van der Waals surface area contributed by atoms with Crippen LogP contribution < -0.4 is 5.32 Å². The number of carbonyl (C=O) groups excluding carboxylic acids is 1. The molecule has 2 rings (SSSR count). The van der Waals surface area contributed by atoms with Crippen LogP contribution >= 0.6 is 15.9 Å². The number of benzene rings is 1. The van der Waals surface area contributed by atoms with Gasteiger partial charge < -0.3 is 14.5 Å². The molecular formula is C15H15BrFNO3. The minimum absolute atomic E-state index is 0.0286. The van der Waals surface area contributed by atoms with Gasteiger partial charge in [0, 0.05) is 17.6 Å². The smallest absolute Gasteiger partial charge is 0.254 e. The second-order valence-corrected chi connectivity index (χ2v) is 5.28. The second-order valence-electron chi connectivity index (χ2n) is 4.37. The summed E-state index contributed by atoms with van der Waals surface area (Å²) in [5, 5.41) is 2.66. The molecule has 0 saturated carbocycles. The van der Waals surface area contributed by atoms with E-state index in [4.69, 9.17) is 9.15 Å². The number of nitrogens with one attached hydrogen (secondary N) is 1. The highest BCUT2D eigenvalue weighted by molar-refractivity contribution is 9.10. The lowest BCUT2D eigenvalue weighted by molar-refractivity contribution is 0.0913. The molecule has 0 unspecified atom stereocenters. The molecule has 1 N–H and O–H groups in total. The normalized spacial score (nSPS) is 10.6. The Morgan fingerprint density at radius 2 is 2.24 bits per heavy atom. The van der Waals surface area contributed by atoms with Crippen molar-refractivity contribution in [2.75, 3.05) is 13.2 Å². The van der Waals surface area contributed by atoms with Gasteiger partial charge in [-0.2, -0.15) is 0 Å². The highest BCUT2D eigenvalue weighted by atomic mass is 79.9. The Morgan fingerprint density at radius 3 is 3.00 bits per heavy atom. The molecule has 1 aromatic heterocycles. The predicted octanol–water partition coefficient (Wildman–Crippen LogP) is 3.52. The molecule has 4 nitrogen and oxygen atoms in total. The first-order chi connectivity index (χ1) is 10.2. The largest absolute Gasteiger partial charge is 0.467 e. The van der Waals surface area contributed by atoms with Crippen LogP contribution in [0.5, 0.6) is 0 Å². The van der Waals surface area contributed by atoms with Gasteiger partial charge in [0.25, 0.3) is 5.91 Å². The van der Waals surface area contributed by atoms with Crippen LogP contribution in [-0.2, 0) is 11.3 Å². The Kier molecular flexibility index (Phi) is 5.95. The van der Waals surface area contributed by atoms with Crippen LogP contribution in [0.25, 0.3) is 0 Å². The Labute approximate surface area is 130 Å². The molecule has 0 radical (unpaired) electrons. The number of furan rings is 1. The molecule has 0 saturated heterocycles. The van der Waals surface area contributed by atoms with E-state index in [0.717, 1.165) is 5.76 Å². The third-order valence-electron chi connectivity index (χ3n) is 2.75. The van der Waals surface area contributed by atoms with Crippen molar-refractivity contribution in [2.24, 2.45) is 0 Å². The van der Waals surface area contributed by atoms with E-state index < -0.39 is 11.7 Å². The van der Waals surface area contributed by atoms with E-state index in [1.54, 1.807) is 18.4 Å². The number of hydrogen-bond acceptors (Lipinski definition) is 3. The first kappa shape index (κ1) is 15.7. The van der Waals surface area contributed by atoms with Crippen LogP contribution in [-0.4, -0.2) is 19.1 Å². The number of ether oxygens (including phenoxy) is 1. The van der Waals surface area contributed by atoms with Gasteiger partial charge in [0.05, 0.1) is 11.8 Å².